The molecule has 0 saturated carbocycles. The van der Waals surface area contributed by atoms with Crippen molar-refractivity contribution in [2.75, 3.05) is 23.4 Å². The second-order valence-corrected chi connectivity index (χ2v) is 5.73. The number of rotatable bonds is 7. The van der Waals surface area contributed by atoms with E-state index < -0.39 is 0 Å². The second kappa shape index (κ2) is 8.80. The monoisotopic (exact) mass is 362 g/mol. The Morgan fingerprint density at radius 3 is 2.41 bits per heavy atom. The van der Waals surface area contributed by atoms with Crippen molar-refractivity contribution in [3.05, 3.63) is 72.7 Å². The van der Waals surface area contributed by atoms with Gasteiger partial charge in [-0.2, -0.15) is 0 Å². The molecule has 0 radical (unpaired) electrons. The number of ether oxygens (including phenoxy) is 1. The smallest absolute Gasteiger partial charge is 0.278 e. The molecule has 0 aliphatic heterocycles. The highest BCUT2D eigenvalue weighted by molar-refractivity contribution is 6.04. The van der Waals surface area contributed by atoms with E-state index in [0.29, 0.717) is 24.7 Å². The highest BCUT2D eigenvalue weighted by atomic mass is 16.5. The van der Waals surface area contributed by atoms with Gasteiger partial charge in [0.2, 0.25) is 0 Å². The summed E-state index contributed by atoms with van der Waals surface area (Å²) >= 11 is 0. The first-order chi connectivity index (χ1) is 13.2. The Kier molecular flexibility index (Phi) is 5.99. The van der Waals surface area contributed by atoms with Crippen molar-refractivity contribution >= 4 is 23.1 Å². The Bertz CT molecular complexity index is 882. The molecule has 0 aliphatic rings. The van der Waals surface area contributed by atoms with E-state index in [4.69, 9.17) is 4.74 Å². The second-order valence-electron chi connectivity index (χ2n) is 5.73. The van der Waals surface area contributed by atoms with Crippen LogP contribution >= 0.6 is 0 Å². The van der Waals surface area contributed by atoms with E-state index >= 15 is 0 Å². The highest BCUT2D eigenvalue weighted by Crippen LogP contribution is 2.26. The van der Waals surface area contributed by atoms with Gasteiger partial charge < -0.3 is 15.0 Å². The lowest BCUT2D eigenvalue weighted by Crippen LogP contribution is -2.31. The summed E-state index contributed by atoms with van der Waals surface area (Å²) in [6, 6.07) is 17.1. The molecule has 0 spiro atoms. The van der Waals surface area contributed by atoms with E-state index in [-0.39, 0.29) is 5.91 Å². The Balaban J connectivity index is 1.76. The fourth-order valence-electron chi connectivity index (χ4n) is 2.68. The summed E-state index contributed by atoms with van der Waals surface area (Å²) in [5.74, 6) is 1.10. The Labute approximate surface area is 158 Å². The van der Waals surface area contributed by atoms with Crippen LogP contribution in [0.3, 0.4) is 0 Å². The molecule has 6 nitrogen and oxygen atoms in total. The van der Waals surface area contributed by atoms with E-state index in [9.17, 15) is 4.79 Å². The minimum absolute atomic E-state index is 0.183. The Hall–Kier alpha value is -3.41. The van der Waals surface area contributed by atoms with Gasteiger partial charge in [0.15, 0.2) is 0 Å². The molecule has 138 valence electrons. The molecule has 0 bridgehead atoms. The number of anilines is 3. The van der Waals surface area contributed by atoms with Crippen LogP contribution in [0.4, 0.5) is 17.2 Å². The number of hydrogen-bond donors (Lipinski definition) is 1. The van der Waals surface area contributed by atoms with Gasteiger partial charge in [0, 0.05) is 12.2 Å². The number of benzene rings is 2. The van der Waals surface area contributed by atoms with Gasteiger partial charge in [-0.15, -0.1) is 0 Å². The summed E-state index contributed by atoms with van der Waals surface area (Å²) in [6.45, 7) is 4.98. The molecular weight excluding hydrogens is 340 g/mol. The molecule has 1 amide bonds. The topological polar surface area (TPSA) is 67.3 Å². The predicted molar refractivity (Wildman–Crippen MR) is 107 cm³/mol. The zero-order valence-electron chi connectivity index (χ0n) is 15.4. The molecule has 0 aliphatic carbocycles. The third-order valence-electron chi connectivity index (χ3n) is 3.95. The van der Waals surface area contributed by atoms with Crippen LogP contribution in [-0.2, 0) is 0 Å². The van der Waals surface area contributed by atoms with Crippen molar-refractivity contribution in [1.82, 2.24) is 9.97 Å². The Morgan fingerprint density at radius 1 is 1.00 bits per heavy atom. The standard InChI is InChI=1S/C21H22N4O2/c1-3-25(16-10-6-5-7-11-16)21(26)18-14-23-20(15-22-18)24-17-12-8-9-13-19(17)27-4-2/h5-15H,3-4H2,1-2H3,(H,23,24). The molecule has 3 rings (SSSR count). The first kappa shape index (κ1) is 18.4. The summed E-state index contributed by atoms with van der Waals surface area (Å²) in [4.78, 5) is 23.1. The number of aromatic nitrogens is 2. The third kappa shape index (κ3) is 4.41. The normalized spacial score (nSPS) is 10.3. The van der Waals surface area contributed by atoms with Gasteiger partial charge in [0.1, 0.15) is 17.3 Å². The highest BCUT2D eigenvalue weighted by Gasteiger charge is 2.17. The van der Waals surface area contributed by atoms with Crippen LogP contribution in [0.1, 0.15) is 24.3 Å². The summed E-state index contributed by atoms with van der Waals surface area (Å²) < 4.78 is 5.59. The summed E-state index contributed by atoms with van der Waals surface area (Å²) in [5.41, 5.74) is 1.93. The van der Waals surface area contributed by atoms with E-state index in [0.717, 1.165) is 17.1 Å². The maximum absolute atomic E-state index is 12.8. The zero-order chi connectivity index (χ0) is 19.1. The molecule has 0 unspecified atom stereocenters. The SMILES string of the molecule is CCOc1ccccc1Nc1cnc(C(=O)N(CC)c2ccccc2)cn1. The van der Waals surface area contributed by atoms with Gasteiger partial charge in [0.05, 0.1) is 24.7 Å². The van der Waals surface area contributed by atoms with E-state index in [1.165, 1.54) is 6.20 Å². The van der Waals surface area contributed by atoms with Crippen molar-refractivity contribution in [2.24, 2.45) is 0 Å². The molecule has 2 aromatic carbocycles. The van der Waals surface area contributed by atoms with E-state index in [2.05, 4.69) is 15.3 Å². The van der Waals surface area contributed by atoms with Crippen molar-refractivity contribution < 1.29 is 9.53 Å². The number of nitrogens with one attached hydrogen (secondary N) is 1. The van der Waals surface area contributed by atoms with Gasteiger partial charge in [-0.05, 0) is 38.1 Å². The molecule has 3 aromatic rings. The van der Waals surface area contributed by atoms with Gasteiger partial charge in [-0.1, -0.05) is 30.3 Å². The fraction of sp³-hybridized carbons (Fsp3) is 0.190. The lowest BCUT2D eigenvalue weighted by molar-refractivity contribution is 0.0983. The summed E-state index contributed by atoms with van der Waals surface area (Å²) in [7, 11) is 0. The number of hydrogen-bond acceptors (Lipinski definition) is 5. The van der Waals surface area contributed by atoms with Gasteiger partial charge >= 0.3 is 0 Å². The molecular formula is C21H22N4O2. The maximum Gasteiger partial charge on any atom is 0.278 e. The summed E-state index contributed by atoms with van der Waals surface area (Å²) in [5, 5.41) is 3.17. The van der Waals surface area contributed by atoms with E-state index in [1.807, 2.05) is 68.4 Å². The fourth-order valence-corrected chi connectivity index (χ4v) is 2.68. The minimum atomic E-state index is -0.183. The largest absolute Gasteiger partial charge is 0.492 e. The first-order valence-corrected chi connectivity index (χ1v) is 8.90. The summed E-state index contributed by atoms with van der Waals surface area (Å²) in [6.07, 6.45) is 3.04. The average molecular weight is 362 g/mol. The van der Waals surface area contributed by atoms with Crippen LogP contribution in [0.15, 0.2) is 67.0 Å². The predicted octanol–water partition coefficient (Wildman–Crippen LogP) is 4.29. The first-order valence-electron chi connectivity index (χ1n) is 8.90. The molecule has 0 fully saturated rings. The maximum atomic E-state index is 12.8. The molecule has 27 heavy (non-hydrogen) atoms. The molecule has 0 saturated heterocycles. The molecule has 1 aromatic heterocycles. The van der Waals surface area contributed by atoms with Crippen LogP contribution < -0.4 is 15.0 Å². The van der Waals surface area contributed by atoms with Crippen molar-refractivity contribution in [3.8, 4) is 5.75 Å². The van der Waals surface area contributed by atoms with Crippen LogP contribution in [0.5, 0.6) is 5.75 Å². The molecule has 0 atom stereocenters. The van der Waals surface area contributed by atoms with Gasteiger partial charge in [-0.25, -0.2) is 9.97 Å². The molecule has 1 N–H and O–H groups in total. The van der Waals surface area contributed by atoms with Crippen molar-refractivity contribution in [2.45, 2.75) is 13.8 Å². The molecule has 6 heteroatoms. The minimum Gasteiger partial charge on any atom is -0.492 e. The lowest BCUT2D eigenvalue weighted by Gasteiger charge is -2.20. The van der Waals surface area contributed by atoms with Crippen LogP contribution in [-0.4, -0.2) is 29.0 Å². The number of carbonyl (C=O) groups excluding carboxylic acids is 1. The Morgan fingerprint density at radius 2 is 1.74 bits per heavy atom. The number of amides is 1. The van der Waals surface area contributed by atoms with Crippen LogP contribution in [0, 0.1) is 0 Å². The number of carbonyl (C=O) groups is 1. The lowest BCUT2D eigenvalue weighted by atomic mass is 10.2. The zero-order valence-corrected chi connectivity index (χ0v) is 15.4. The van der Waals surface area contributed by atoms with Gasteiger partial charge in [0.25, 0.3) is 5.91 Å². The van der Waals surface area contributed by atoms with Crippen LogP contribution in [0.2, 0.25) is 0 Å². The van der Waals surface area contributed by atoms with Gasteiger partial charge in [-0.3, -0.25) is 4.79 Å². The molecule has 1 heterocycles. The quantitative estimate of drug-likeness (QED) is 0.679. The van der Waals surface area contributed by atoms with Crippen LogP contribution in [0.25, 0.3) is 0 Å². The number of nitrogens with zero attached hydrogens (tertiary/aromatic N) is 3. The average Bonchev–Trinajstić information content (AvgIpc) is 2.71. The van der Waals surface area contributed by atoms with E-state index in [1.54, 1.807) is 11.1 Å². The number of para-hydroxylation sites is 3. The van der Waals surface area contributed by atoms with Crippen molar-refractivity contribution in [1.29, 1.82) is 0 Å². The van der Waals surface area contributed by atoms with Crippen molar-refractivity contribution in [3.63, 3.8) is 0 Å². The third-order valence-corrected chi connectivity index (χ3v) is 3.95.